The van der Waals surface area contributed by atoms with Gasteiger partial charge in [-0.1, -0.05) is 44.2 Å². The normalized spacial score (nSPS) is 11.8. The van der Waals surface area contributed by atoms with Crippen molar-refractivity contribution in [2.45, 2.75) is 46.3 Å². The predicted octanol–water partition coefficient (Wildman–Crippen LogP) is 2.24. The number of carbonyl (C=O) groups is 3. The van der Waals surface area contributed by atoms with E-state index in [1.54, 1.807) is 13.8 Å². The first-order valence-corrected chi connectivity index (χ1v) is 7.40. The highest BCUT2D eigenvalue weighted by molar-refractivity contribution is 5.90. The zero-order valence-corrected chi connectivity index (χ0v) is 13.3. The highest BCUT2D eigenvalue weighted by Gasteiger charge is 2.23. The lowest BCUT2D eigenvalue weighted by molar-refractivity contribution is -0.145. The SMILES string of the molecule is CC(=O)N[C@@H](CCC(=O)OCc1ccccc1)C(=O)C(C)C. The topological polar surface area (TPSA) is 72.5 Å². The summed E-state index contributed by atoms with van der Waals surface area (Å²) in [6, 6.07) is 8.74. The molecule has 0 aliphatic rings. The molecule has 5 nitrogen and oxygen atoms in total. The van der Waals surface area contributed by atoms with Gasteiger partial charge in [-0.05, 0) is 12.0 Å². The Hall–Kier alpha value is -2.17. The van der Waals surface area contributed by atoms with Crippen LogP contribution in [-0.4, -0.2) is 23.7 Å². The quantitative estimate of drug-likeness (QED) is 0.748. The van der Waals surface area contributed by atoms with Crippen molar-refractivity contribution in [3.05, 3.63) is 35.9 Å². The van der Waals surface area contributed by atoms with Crippen LogP contribution in [0.25, 0.3) is 0 Å². The van der Waals surface area contributed by atoms with Crippen molar-refractivity contribution < 1.29 is 19.1 Å². The summed E-state index contributed by atoms with van der Waals surface area (Å²) in [5, 5.41) is 2.59. The Morgan fingerprint density at radius 1 is 1.14 bits per heavy atom. The van der Waals surface area contributed by atoms with Crippen LogP contribution in [0.4, 0.5) is 0 Å². The third-order valence-corrected chi connectivity index (χ3v) is 3.17. The number of ketones is 1. The van der Waals surface area contributed by atoms with Crippen LogP contribution >= 0.6 is 0 Å². The van der Waals surface area contributed by atoms with Gasteiger partial charge in [0.2, 0.25) is 5.91 Å². The predicted molar refractivity (Wildman–Crippen MR) is 82.9 cm³/mol. The fraction of sp³-hybridized carbons (Fsp3) is 0.471. The van der Waals surface area contributed by atoms with Gasteiger partial charge >= 0.3 is 5.97 Å². The minimum absolute atomic E-state index is 0.0777. The Kier molecular flexibility index (Phi) is 7.29. The summed E-state index contributed by atoms with van der Waals surface area (Å²) in [4.78, 5) is 34.9. The molecule has 1 N–H and O–H groups in total. The lowest BCUT2D eigenvalue weighted by atomic mass is 9.98. The van der Waals surface area contributed by atoms with Crippen molar-refractivity contribution in [1.82, 2.24) is 5.32 Å². The van der Waals surface area contributed by atoms with Gasteiger partial charge in [-0.2, -0.15) is 0 Å². The summed E-state index contributed by atoms with van der Waals surface area (Å²) in [6.07, 6.45) is 0.348. The molecule has 1 aromatic carbocycles. The van der Waals surface area contributed by atoms with E-state index in [1.165, 1.54) is 6.92 Å². The van der Waals surface area contributed by atoms with Gasteiger partial charge in [0.05, 0.1) is 6.04 Å². The van der Waals surface area contributed by atoms with E-state index < -0.39 is 6.04 Å². The van der Waals surface area contributed by atoms with E-state index in [0.29, 0.717) is 0 Å². The smallest absolute Gasteiger partial charge is 0.306 e. The Labute approximate surface area is 131 Å². The lowest BCUT2D eigenvalue weighted by Gasteiger charge is -2.18. The van der Waals surface area contributed by atoms with Gasteiger partial charge in [-0.15, -0.1) is 0 Å². The zero-order chi connectivity index (χ0) is 16.5. The van der Waals surface area contributed by atoms with E-state index in [1.807, 2.05) is 30.3 Å². The number of Topliss-reactive ketones (excluding diaryl/α,β-unsaturated/α-hetero) is 1. The second-order valence-corrected chi connectivity index (χ2v) is 5.50. The standard InChI is InChI=1S/C17H23NO4/c1-12(2)17(21)15(18-13(3)19)9-10-16(20)22-11-14-7-5-4-6-8-14/h4-8,12,15H,9-11H2,1-3H3,(H,18,19)/t15-/m0/s1. The summed E-state index contributed by atoms with van der Waals surface area (Å²) in [5.74, 6) is -0.935. The number of rotatable bonds is 8. The molecule has 0 radical (unpaired) electrons. The minimum Gasteiger partial charge on any atom is -0.461 e. The molecule has 0 bridgehead atoms. The molecule has 0 aliphatic heterocycles. The Balaban J connectivity index is 2.44. The van der Waals surface area contributed by atoms with Crippen LogP contribution in [0.5, 0.6) is 0 Å². The van der Waals surface area contributed by atoms with Gasteiger partial charge in [0.1, 0.15) is 6.61 Å². The van der Waals surface area contributed by atoms with Crippen LogP contribution in [0.3, 0.4) is 0 Å². The fourth-order valence-corrected chi connectivity index (χ4v) is 2.01. The summed E-state index contributed by atoms with van der Waals surface area (Å²) in [5.41, 5.74) is 0.910. The van der Waals surface area contributed by atoms with Crippen LogP contribution in [0.1, 0.15) is 39.2 Å². The van der Waals surface area contributed by atoms with Crippen LogP contribution in [0.2, 0.25) is 0 Å². The van der Waals surface area contributed by atoms with E-state index in [-0.39, 0.29) is 43.0 Å². The maximum atomic E-state index is 12.0. The van der Waals surface area contributed by atoms with Gasteiger partial charge in [0, 0.05) is 19.3 Å². The molecule has 0 unspecified atom stereocenters. The van der Waals surface area contributed by atoms with Crippen LogP contribution < -0.4 is 5.32 Å². The number of amides is 1. The molecule has 0 aliphatic carbocycles. The summed E-state index contributed by atoms with van der Waals surface area (Å²) >= 11 is 0. The molecule has 5 heteroatoms. The van der Waals surface area contributed by atoms with Gasteiger partial charge < -0.3 is 10.1 Å². The Morgan fingerprint density at radius 3 is 2.32 bits per heavy atom. The average molecular weight is 305 g/mol. The van der Waals surface area contributed by atoms with Crippen molar-refractivity contribution in [2.75, 3.05) is 0 Å². The molecule has 120 valence electrons. The van der Waals surface area contributed by atoms with E-state index in [0.717, 1.165) is 5.56 Å². The fourth-order valence-electron chi connectivity index (χ4n) is 2.01. The molecular weight excluding hydrogens is 282 g/mol. The molecule has 22 heavy (non-hydrogen) atoms. The van der Waals surface area contributed by atoms with Crippen LogP contribution in [0.15, 0.2) is 30.3 Å². The molecular formula is C17H23NO4. The molecule has 0 heterocycles. The molecule has 0 spiro atoms. The summed E-state index contributed by atoms with van der Waals surface area (Å²) < 4.78 is 5.16. The number of esters is 1. The molecule has 1 rings (SSSR count). The molecule has 1 amide bonds. The van der Waals surface area contributed by atoms with Crippen molar-refractivity contribution in [3.8, 4) is 0 Å². The van der Waals surface area contributed by atoms with Crippen molar-refractivity contribution in [3.63, 3.8) is 0 Å². The maximum absolute atomic E-state index is 12.0. The molecule has 0 fully saturated rings. The number of hydrogen-bond donors (Lipinski definition) is 1. The zero-order valence-electron chi connectivity index (χ0n) is 13.3. The lowest BCUT2D eigenvalue weighted by Crippen LogP contribution is -2.42. The van der Waals surface area contributed by atoms with Crippen molar-refractivity contribution >= 4 is 17.7 Å². The minimum atomic E-state index is -0.637. The largest absolute Gasteiger partial charge is 0.461 e. The number of hydrogen-bond acceptors (Lipinski definition) is 4. The molecule has 0 aromatic heterocycles. The van der Waals surface area contributed by atoms with Crippen LogP contribution in [-0.2, 0) is 25.7 Å². The number of ether oxygens (including phenoxy) is 1. The second-order valence-electron chi connectivity index (χ2n) is 5.50. The third-order valence-electron chi connectivity index (χ3n) is 3.17. The van der Waals surface area contributed by atoms with Gasteiger partial charge in [0.15, 0.2) is 5.78 Å². The highest BCUT2D eigenvalue weighted by atomic mass is 16.5. The van der Waals surface area contributed by atoms with E-state index in [4.69, 9.17) is 4.74 Å². The summed E-state index contributed by atoms with van der Waals surface area (Å²) in [6.45, 7) is 5.10. The van der Waals surface area contributed by atoms with Gasteiger partial charge in [-0.3, -0.25) is 14.4 Å². The molecule has 0 saturated carbocycles. The second kappa shape index (κ2) is 8.97. The average Bonchev–Trinajstić information content (AvgIpc) is 2.49. The van der Waals surface area contributed by atoms with E-state index in [9.17, 15) is 14.4 Å². The number of benzene rings is 1. The van der Waals surface area contributed by atoms with E-state index >= 15 is 0 Å². The first-order chi connectivity index (χ1) is 10.4. The van der Waals surface area contributed by atoms with Gasteiger partial charge in [-0.25, -0.2) is 0 Å². The molecule has 1 atom stereocenters. The first kappa shape index (κ1) is 17.9. The number of carbonyl (C=O) groups excluding carboxylic acids is 3. The van der Waals surface area contributed by atoms with Crippen molar-refractivity contribution in [1.29, 1.82) is 0 Å². The maximum Gasteiger partial charge on any atom is 0.306 e. The first-order valence-electron chi connectivity index (χ1n) is 7.40. The van der Waals surface area contributed by atoms with E-state index in [2.05, 4.69) is 5.32 Å². The Bertz CT molecular complexity index is 511. The van der Waals surface area contributed by atoms with Crippen molar-refractivity contribution in [2.24, 2.45) is 5.92 Å². The van der Waals surface area contributed by atoms with Crippen LogP contribution in [0, 0.1) is 5.92 Å². The highest BCUT2D eigenvalue weighted by Crippen LogP contribution is 2.08. The summed E-state index contributed by atoms with van der Waals surface area (Å²) in [7, 11) is 0. The molecule has 1 aromatic rings. The van der Waals surface area contributed by atoms with Gasteiger partial charge in [0.25, 0.3) is 0 Å². The third kappa shape index (κ3) is 6.52. The molecule has 0 saturated heterocycles. The number of nitrogens with one attached hydrogen (secondary N) is 1. The Morgan fingerprint density at radius 2 is 1.77 bits per heavy atom. The monoisotopic (exact) mass is 305 g/mol.